The summed E-state index contributed by atoms with van der Waals surface area (Å²) >= 11 is 0. The standard InChI is InChI=1S/C17H18N6/c1-10(2)7-14-15-13(9-19-16(15)22-17(18)21-14)11-4-6-23-12(8-11)3-5-20-23/h3-6,8-10H,7H2,1-2H3,(H3,18,19,21,22). The van der Waals surface area contributed by atoms with Crippen molar-refractivity contribution in [2.75, 3.05) is 5.73 Å². The van der Waals surface area contributed by atoms with E-state index < -0.39 is 0 Å². The number of nitrogens with two attached hydrogens (primary N) is 1. The minimum Gasteiger partial charge on any atom is -0.368 e. The lowest BCUT2D eigenvalue weighted by atomic mass is 10.0. The first-order valence-electron chi connectivity index (χ1n) is 7.69. The number of hydrogen-bond donors (Lipinski definition) is 2. The molecule has 0 aliphatic heterocycles. The molecule has 116 valence electrons. The van der Waals surface area contributed by atoms with Crippen LogP contribution in [0.1, 0.15) is 19.5 Å². The van der Waals surface area contributed by atoms with Gasteiger partial charge in [-0.05, 0) is 36.1 Å². The third-order valence-corrected chi connectivity index (χ3v) is 3.94. The van der Waals surface area contributed by atoms with Gasteiger partial charge in [0.15, 0.2) is 0 Å². The summed E-state index contributed by atoms with van der Waals surface area (Å²) in [5, 5.41) is 5.29. The van der Waals surface area contributed by atoms with Crippen LogP contribution in [0, 0.1) is 5.92 Å². The minimum absolute atomic E-state index is 0.313. The van der Waals surface area contributed by atoms with E-state index in [-0.39, 0.29) is 0 Å². The number of aromatic nitrogens is 5. The second-order valence-electron chi connectivity index (χ2n) is 6.17. The molecule has 3 N–H and O–H groups in total. The van der Waals surface area contributed by atoms with E-state index in [1.807, 2.05) is 23.0 Å². The highest BCUT2D eigenvalue weighted by Crippen LogP contribution is 2.31. The van der Waals surface area contributed by atoms with Gasteiger partial charge in [-0.25, -0.2) is 9.50 Å². The van der Waals surface area contributed by atoms with Crippen LogP contribution in [0.25, 0.3) is 27.7 Å². The van der Waals surface area contributed by atoms with Crippen LogP contribution in [-0.2, 0) is 6.42 Å². The molecular weight excluding hydrogens is 288 g/mol. The Hall–Kier alpha value is -2.89. The summed E-state index contributed by atoms with van der Waals surface area (Å²) in [5.41, 5.74) is 10.9. The lowest BCUT2D eigenvalue weighted by Crippen LogP contribution is -2.03. The zero-order valence-electron chi connectivity index (χ0n) is 13.1. The van der Waals surface area contributed by atoms with Gasteiger partial charge in [0.1, 0.15) is 5.65 Å². The maximum absolute atomic E-state index is 5.86. The highest BCUT2D eigenvalue weighted by molar-refractivity contribution is 5.96. The summed E-state index contributed by atoms with van der Waals surface area (Å²) in [4.78, 5) is 12.0. The van der Waals surface area contributed by atoms with E-state index >= 15 is 0 Å². The van der Waals surface area contributed by atoms with Crippen molar-refractivity contribution >= 4 is 22.5 Å². The minimum atomic E-state index is 0.313. The van der Waals surface area contributed by atoms with Gasteiger partial charge >= 0.3 is 0 Å². The van der Waals surface area contributed by atoms with Gasteiger partial charge in [0.2, 0.25) is 5.95 Å². The number of hydrogen-bond acceptors (Lipinski definition) is 4. The highest BCUT2D eigenvalue weighted by Gasteiger charge is 2.15. The average Bonchev–Trinajstić information content (AvgIpc) is 3.11. The Bertz CT molecular complexity index is 995. The summed E-state index contributed by atoms with van der Waals surface area (Å²) in [7, 11) is 0. The molecule has 4 aromatic rings. The van der Waals surface area contributed by atoms with Crippen molar-refractivity contribution in [1.82, 2.24) is 24.6 Å². The smallest absolute Gasteiger partial charge is 0.222 e. The Balaban J connectivity index is 1.95. The molecule has 0 amide bonds. The molecule has 6 heteroatoms. The monoisotopic (exact) mass is 306 g/mol. The van der Waals surface area contributed by atoms with E-state index in [1.165, 1.54) is 0 Å². The molecule has 0 aliphatic rings. The fraction of sp³-hybridized carbons (Fsp3) is 0.235. The van der Waals surface area contributed by atoms with Crippen molar-refractivity contribution in [1.29, 1.82) is 0 Å². The number of nitrogens with one attached hydrogen (secondary N) is 1. The van der Waals surface area contributed by atoms with Crippen molar-refractivity contribution in [2.45, 2.75) is 20.3 Å². The molecule has 4 heterocycles. The summed E-state index contributed by atoms with van der Waals surface area (Å²) in [6.45, 7) is 4.35. The van der Waals surface area contributed by atoms with Crippen LogP contribution in [0.3, 0.4) is 0 Å². The predicted molar refractivity (Wildman–Crippen MR) is 91.0 cm³/mol. The van der Waals surface area contributed by atoms with Crippen LogP contribution in [0.5, 0.6) is 0 Å². The van der Waals surface area contributed by atoms with Gasteiger partial charge in [0, 0.05) is 29.5 Å². The lowest BCUT2D eigenvalue weighted by molar-refractivity contribution is 0.639. The molecule has 4 aromatic heterocycles. The summed E-state index contributed by atoms with van der Waals surface area (Å²) in [6.07, 6.45) is 6.60. The summed E-state index contributed by atoms with van der Waals surface area (Å²) < 4.78 is 1.85. The van der Waals surface area contributed by atoms with Gasteiger partial charge in [0.05, 0.1) is 11.2 Å². The number of aromatic amines is 1. The average molecular weight is 306 g/mol. The second kappa shape index (κ2) is 5.08. The number of nitrogens with zero attached hydrogens (tertiary/aromatic N) is 4. The van der Waals surface area contributed by atoms with Crippen molar-refractivity contribution in [3.8, 4) is 11.1 Å². The maximum atomic E-state index is 5.86. The number of pyridine rings is 1. The summed E-state index contributed by atoms with van der Waals surface area (Å²) in [6, 6.07) is 6.16. The Labute approximate surface area is 133 Å². The Morgan fingerprint density at radius 3 is 2.96 bits per heavy atom. The molecular formula is C17H18N6. The molecule has 0 atom stereocenters. The highest BCUT2D eigenvalue weighted by atomic mass is 15.2. The first-order chi connectivity index (χ1) is 11.1. The molecule has 0 unspecified atom stereocenters. The molecule has 0 spiro atoms. The number of rotatable bonds is 3. The number of H-pyrrole nitrogens is 1. The molecule has 0 saturated carbocycles. The van der Waals surface area contributed by atoms with E-state index in [1.54, 1.807) is 6.20 Å². The van der Waals surface area contributed by atoms with Crippen LogP contribution >= 0.6 is 0 Å². The first kappa shape index (κ1) is 13.8. The fourth-order valence-electron chi connectivity index (χ4n) is 2.98. The normalized spacial score (nSPS) is 11.8. The fourth-order valence-corrected chi connectivity index (χ4v) is 2.98. The van der Waals surface area contributed by atoms with E-state index in [0.29, 0.717) is 11.9 Å². The summed E-state index contributed by atoms with van der Waals surface area (Å²) in [5.74, 6) is 0.806. The van der Waals surface area contributed by atoms with Gasteiger partial charge < -0.3 is 10.7 Å². The predicted octanol–water partition coefficient (Wildman–Crippen LogP) is 3.05. The SMILES string of the molecule is CC(C)Cc1nc(N)nc2[nH]cc(-c3ccn4nccc4c3)c12. The first-order valence-corrected chi connectivity index (χ1v) is 7.69. The molecule has 0 bridgehead atoms. The Kier molecular flexibility index (Phi) is 3.04. The molecule has 6 nitrogen and oxygen atoms in total. The van der Waals surface area contributed by atoms with Gasteiger partial charge in [-0.3, -0.25) is 0 Å². The van der Waals surface area contributed by atoms with Gasteiger partial charge in [-0.1, -0.05) is 13.8 Å². The number of fused-ring (bicyclic) bond motifs is 2. The van der Waals surface area contributed by atoms with E-state index in [0.717, 1.165) is 39.8 Å². The van der Waals surface area contributed by atoms with E-state index in [4.69, 9.17) is 5.73 Å². The molecule has 0 aromatic carbocycles. The number of nitrogen functional groups attached to an aromatic ring is 1. The zero-order valence-corrected chi connectivity index (χ0v) is 13.1. The third-order valence-electron chi connectivity index (χ3n) is 3.94. The lowest BCUT2D eigenvalue weighted by Gasteiger charge is -2.09. The van der Waals surface area contributed by atoms with Crippen molar-refractivity contribution in [3.63, 3.8) is 0 Å². The van der Waals surface area contributed by atoms with Gasteiger partial charge in [-0.2, -0.15) is 10.1 Å². The largest absolute Gasteiger partial charge is 0.368 e. The van der Waals surface area contributed by atoms with Crippen LogP contribution in [0.4, 0.5) is 5.95 Å². The second-order valence-corrected chi connectivity index (χ2v) is 6.17. The topological polar surface area (TPSA) is 84.9 Å². The van der Waals surface area contributed by atoms with Crippen molar-refractivity contribution in [2.24, 2.45) is 5.92 Å². The zero-order chi connectivity index (χ0) is 16.0. The molecule has 4 rings (SSSR count). The van der Waals surface area contributed by atoms with E-state index in [2.05, 4.69) is 46.0 Å². The van der Waals surface area contributed by atoms with Crippen LogP contribution in [-0.4, -0.2) is 24.6 Å². The molecule has 0 saturated heterocycles. The third kappa shape index (κ3) is 2.32. The molecule has 0 fully saturated rings. The molecule has 0 radical (unpaired) electrons. The van der Waals surface area contributed by atoms with Crippen LogP contribution < -0.4 is 5.73 Å². The maximum Gasteiger partial charge on any atom is 0.222 e. The molecule has 23 heavy (non-hydrogen) atoms. The van der Waals surface area contributed by atoms with Crippen molar-refractivity contribution < 1.29 is 0 Å². The quantitative estimate of drug-likeness (QED) is 0.609. The van der Waals surface area contributed by atoms with Gasteiger partial charge in [-0.15, -0.1) is 0 Å². The van der Waals surface area contributed by atoms with Crippen LogP contribution in [0.15, 0.2) is 36.8 Å². The number of anilines is 1. The van der Waals surface area contributed by atoms with Gasteiger partial charge in [0.25, 0.3) is 0 Å². The molecule has 0 aliphatic carbocycles. The Morgan fingerprint density at radius 1 is 1.26 bits per heavy atom. The van der Waals surface area contributed by atoms with Crippen LogP contribution in [0.2, 0.25) is 0 Å². The Morgan fingerprint density at radius 2 is 2.13 bits per heavy atom. The van der Waals surface area contributed by atoms with E-state index in [9.17, 15) is 0 Å². The van der Waals surface area contributed by atoms with Crippen molar-refractivity contribution in [3.05, 3.63) is 42.5 Å².